The molecule has 3 heteroatoms. The summed E-state index contributed by atoms with van der Waals surface area (Å²) in [5.74, 6) is 1.72. The number of esters is 1. The molecule has 0 aromatic carbocycles. The van der Waals surface area contributed by atoms with Gasteiger partial charge in [0.25, 0.3) is 0 Å². The molecule has 3 nitrogen and oxygen atoms in total. The molecule has 3 aliphatic rings. The minimum absolute atomic E-state index is 0.204. The predicted octanol–water partition coefficient (Wildman–Crippen LogP) is 7.75. The third-order valence-electron chi connectivity index (χ3n) is 6.39. The van der Waals surface area contributed by atoms with Crippen molar-refractivity contribution in [1.29, 1.82) is 0 Å². The van der Waals surface area contributed by atoms with E-state index in [0.717, 1.165) is 43.5 Å². The zero-order valence-electron chi connectivity index (χ0n) is 22.2. The maximum atomic E-state index is 11.2. The number of carbonyl (C=O) groups excluding carboxylic acids is 1. The van der Waals surface area contributed by atoms with E-state index in [2.05, 4.69) is 67.1 Å². The van der Waals surface area contributed by atoms with Crippen LogP contribution in [0.25, 0.3) is 0 Å². The van der Waals surface area contributed by atoms with Gasteiger partial charge in [-0.05, 0) is 60.2 Å². The van der Waals surface area contributed by atoms with E-state index < -0.39 is 0 Å². The summed E-state index contributed by atoms with van der Waals surface area (Å²) in [5.41, 5.74) is 3.47. The van der Waals surface area contributed by atoms with E-state index in [-0.39, 0.29) is 11.4 Å². The molecule has 2 fully saturated rings. The van der Waals surface area contributed by atoms with Gasteiger partial charge in [-0.3, -0.25) is 0 Å². The van der Waals surface area contributed by atoms with E-state index >= 15 is 0 Å². The third kappa shape index (κ3) is 11.9. The first kappa shape index (κ1) is 27.9. The van der Waals surface area contributed by atoms with E-state index in [1.807, 2.05) is 12.2 Å². The Kier molecular flexibility index (Phi) is 10.5. The SMILES string of the molecule is CC(C)(C)C1CC1.CC(C)(C)C1CCOCC1.COC(=O)C1=CC=C(CC(C)(C)C)C1. The van der Waals surface area contributed by atoms with E-state index in [1.54, 1.807) is 0 Å². The van der Waals surface area contributed by atoms with Crippen molar-refractivity contribution in [3.05, 3.63) is 23.3 Å². The summed E-state index contributed by atoms with van der Waals surface area (Å²) in [6, 6.07) is 0. The average molecular weight is 435 g/mol. The minimum atomic E-state index is -0.204. The van der Waals surface area contributed by atoms with Crippen LogP contribution in [-0.4, -0.2) is 26.3 Å². The van der Waals surface area contributed by atoms with Crippen LogP contribution >= 0.6 is 0 Å². The topological polar surface area (TPSA) is 35.5 Å². The normalized spacial score (nSPS) is 19.9. The summed E-state index contributed by atoms with van der Waals surface area (Å²) < 4.78 is 9.97. The van der Waals surface area contributed by atoms with Gasteiger partial charge in [-0.15, -0.1) is 0 Å². The van der Waals surface area contributed by atoms with Crippen molar-refractivity contribution in [3.8, 4) is 0 Å². The fourth-order valence-electron chi connectivity index (χ4n) is 4.17. The Hall–Kier alpha value is -1.09. The lowest BCUT2D eigenvalue weighted by molar-refractivity contribution is -0.136. The van der Waals surface area contributed by atoms with Gasteiger partial charge in [0.15, 0.2) is 0 Å². The van der Waals surface area contributed by atoms with Crippen molar-refractivity contribution in [2.45, 2.75) is 101 Å². The summed E-state index contributed by atoms with van der Waals surface area (Å²) in [5, 5.41) is 0. The molecule has 0 atom stereocenters. The third-order valence-corrected chi connectivity index (χ3v) is 6.39. The first-order valence-electron chi connectivity index (χ1n) is 12.2. The molecule has 1 saturated carbocycles. The quantitative estimate of drug-likeness (QED) is 0.417. The largest absolute Gasteiger partial charge is 0.466 e. The highest BCUT2D eigenvalue weighted by Gasteiger charge is 2.33. The lowest BCUT2D eigenvalue weighted by Gasteiger charge is -2.33. The second-order valence-electron chi connectivity index (χ2n) is 12.8. The minimum Gasteiger partial charge on any atom is -0.466 e. The monoisotopic (exact) mass is 434 g/mol. The molecule has 0 N–H and O–H groups in total. The molecule has 0 unspecified atom stereocenters. The van der Waals surface area contributed by atoms with Crippen LogP contribution in [0.1, 0.15) is 101 Å². The van der Waals surface area contributed by atoms with Crippen molar-refractivity contribution in [2.75, 3.05) is 20.3 Å². The molecule has 0 amide bonds. The van der Waals surface area contributed by atoms with E-state index in [1.165, 1.54) is 38.4 Å². The van der Waals surface area contributed by atoms with Crippen LogP contribution in [0.5, 0.6) is 0 Å². The van der Waals surface area contributed by atoms with Crippen molar-refractivity contribution in [3.63, 3.8) is 0 Å². The lowest BCUT2D eigenvalue weighted by Crippen LogP contribution is -2.27. The summed E-state index contributed by atoms with van der Waals surface area (Å²) in [4.78, 5) is 11.2. The fraction of sp³-hybridized carbons (Fsp3) is 0.821. The van der Waals surface area contributed by atoms with Gasteiger partial charge in [-0.25, -0.2) is 4.79 Å². The first-order valence-corrected chi connectivity index (χ1v) is 12.2. The molecule has 31 heavy (non-hydrogen) atoms. The molecule has 3 rings (SSSR count). The second-order valence-corrected chi connectivity index (χ2v) is 12.8. The van der Waals surface area contributed by atoms with Crippen LogP contribution in [0.2, 0.25) is 0 Å². The van der Waals surface area contributed by atoms with Crippen LogP contribution in [0.3, 0.4) is 0 Å². The van der Waals surface area contributed by atoms with E-state index in [0.29, 0.717) is 10.8 Å². The Morgan fingerprint density at radius 1 is 0.871 bits per heavy atom. The number of rotatable bonds is 2. The number of methoxy groups -OCH3 is 1. The number of hydrogen-bond acceptors (Lipinski definition) is 3. The van der Waals surface area contributed by atoms with Gasteiger partial charge in [0, 0.05) is 25.2 Å². The number of allylic oxidation sites excluding steroid dienone is 3. The van der Waals surface area contributed by atoms with Crippen molar-refractivity contribution >= 4 is 5.97 Å². The van der Waals surface area contributed by atoms with Crippen LogP contribution in [0, 0.1) is 28.1 Å². The molecule has 0 bridgehead atoms. The molecule has 180 valence electrons. The number of ether oxygens (including phenoxy) is 2. The Labute approximate surface area is 193 Å². The summed E-state index contributed by atoms with van der Waals surface area (Å²) in [7, 11) is 1.42. The average Bonchev–Trinajstić information content (AvgIpc) is 3.42. The first-order chi connectivity index (χ1) is 14.1. The molecule has 1 saturated heterocycles. The van der Waals surface area contributed by atoms with Gasteiger partial charge in [0.2, 0.25) is 0 Å². The Bertz CT molecular complexity index is 610. The highest BCUT2D eigenvalue weighted by atomic mass is 16.5. The molecular formula is C28H50O3. The molecular weight excluding hydrogens is 384 g/mol. The lowest BCUT2D eigenvalue weighted by atomic mass is 9.76. The summed E-state index contributed by atoms with van der Waals surface area (Å²) in [6.45, 7) is 22.5. The summed E-state index contributed by atoms with van der Waals surface area (Å²) in [6.07, 6.45) is 11.2. The van der Waals surface area contributed by atoms with Gasteiger partial charge in [0.1, 0.15) is 0 Å². The van der Waals surface area contributed by atoms with Gasteiger partial charge in [0.05, 0.1) is 7.11 Å². The van der Waals surface area contributed by atoms with Crippen LogP contribution in [0.15, 0.2) is 23.3 Å². The maximum Gasteiger partial charge on any atom is 0.334 e. The number of carbonyl (C=O) groups is 1. The molecule has 0 aromatic rings. The van der Waals surface area contributed by atoms with Gasteiger partial charge < -0.3 is 9.47 Å². The fourth-order valence-corrected chi connectivity index (χ4v) is 4.17. The van der Waals surface area contributed by atoms with Gasteiger partial charge in [-0.1, -0.05) is 80.0 Å². The zero-order chi connectivity index (χ0) is 23.9. The molecule has 0 spiro atoms. The van der Waals surface area contributed by atoms with Gasteiger partial charge >= 0.3 is 5.97 Å². The Balaban J connectivity index is 0.000000247. The van der Waals surface area contributed by atoms with E-state index in [9.17, 15) is 4.79 Å². The predicted molar refractivity (Wildman–Crippen MR) is 132 cm³/mol. The number of hydrogen-bond donors (Lipinski definition) is 0. The Morgan fingerprint density at radius 2 is 1.35 bits per heavy atom. The van der Waals surface area contributed by atoms with Crippen molar-refractivity contribution < 1.29 is 14.3 Å². The summed E-state index contributed by atoms with van der Waals surface area (Å²) >= 11 is 0. The van der Waals surface area contributed by atoms with Crippen LogP contribution < -0.4 is 0 Å². The van der Waals surface area contributed by atoms with Crippen molar-refractivity contribution in [2.24, 2.45) is 28.1 Å². The zero-order valence-corrected chi connectivity index (χ0v) is 22.2. The molecule has 0 radical (unpaired) electrons. The molecule has 0 aromatic heterocycles. The van der Waals surface area contributed by atoms with Crippen LogP contribution in [0.4, 0.5) is 0 Å². The van der Waals surface area contributed by atoms with Gasteiger partial charge in [-0.2, -0.15) is 0 Å². The van der Waals surface area contributed by atoms with Crippen LogP contribution in [-0.2, 0) is 14.3 Å². The second kappa shape index (κ2) is 11.7. The van der Waals surface area contributed by atoms with E-state index in [4.69, 9.17) is 4.74 Å². The molecule has 1 heterocycles. The standard InChI is InChI=1S/C12H18O2.C9H18O.C7H14/c1-12(2,3)8-9-5-6-10(7-9)11(13)14-4;1-9(2,3)8-4-6-10-7-5-8;1-7(2,3)6-4-5-6/h5-6H,7-8H2,1-4H3;8H,4-7H2,1-3H3;6H,4-5H2,1-3H3. The molecule has 2 aliphatic carbocycles. The highest BCUT2D eigenvalue weighted by Crippen LogP contribution is 2.44. The maximum absolute atomic E-state index is 11.2. The van der Waals surface area contributed by atoms with Crippen molar-refractivity contribution in [1.82, 2.24) is 0 Å². The molecule has 1 aliphatic heterocycles. The smallest absolute Gasteiger partial charge is 0.334 e. The Morgan fingerprint density at radius 3 is 1.68 bits per heavy atom. The highest BCUT2D eigenvalue weighted by molar-refractivity contribution is 5.90.